The lowest BCUT2D eigenvalue weighted by Gasteiger charge is -2.32. The normalized spacial score (nSPS) is 20.9. The van der Waals surface area contributed by atoms with Gasteiger partial charge in [-0.05, 0) is 57.1 Å². The van der Waals surface area contributed by atoms with E-state index >= 15 is 0 Å². The van der Waals surface area contributed by atoms with Gasteiger partial charge >= 0.3 is 7.12 Å². The van der Waals surface area contributed by atoms with Crippen molar-refractivity contribution in [3.8, 4) is 0 Å². The topological polar surface area (TPSA) is 18.5 Å². The van der Waals surface area contributed by atoms with Crippen LogP contribution in [0.2, 0.25) is 0 Å². The van der Waals surface area contributed by atoms with Crippen molar-refractivity contribution in [3.63, 3.8) is 0 Å². The lowest BCUT2D eigenvalue weighted by atomic mass is 9.89. The van der Waals surface area contributed by atoms with Gasteiger partial charge in [-0.15, -0.1) is 11.8 Å². The van der Waals surface area contributed by atoms with Crippen molar-refractivity contribution in [1.82, 2.24) is 0 Å². The number of hydrogen-bond donors (Lipinski definition) is 0. The zero-order valence-electron chi connectivity index (χ0n) is 13.3. The molecule has 0 unspecified atom stereocenters. The molecule has 0 N–H and O–H groups in total. The van der Waals surface area contributed by atoms with E-state index in [9.17, 15) is 4.39 Å². The molecule has 0 radical (unpaired) electrons. The SMILES string of the molecule is CCS/C(=C/B1OC(C)(C)C(C)(C)O1)c1ccc(F)cc1. The van der Waals surface area contributed by atoms with Gasteiger partial charge in [0.05, 0.1) is 11.2 Å². The van der Waals surface area contributed by atoms with Crippen LogP contribution in [0.3, 0.4) is 0 Å². The van der Waals surface area contributed by atoms with Gasteiger partial charge in [0.2, 0.25) is 0 Å². The summed E-state index contributed by atoms with van der Waals surface area (Å²) in [5, 5.41) is 0. The Morgan fingerprint density at radius 2 is 1.67 bits per heavy atom. The molecule has 5 heteroatoms. The van der Waals surface area contributed by atoms with Gasteiger partial charge in [-0.2, -0.15) is 0 Å². The van der Waals surface area contributed by atoms with Crippen LogP contribution in [0, 0.1) is 5.82 Å². The van der Waals surface area contributed by atoms with Gasteiger partial charge in [0.25, 0.3) is 0 Å². The minimum absolute atomic E-state index is 0.227. The molecule has 114 valence electrons. The van der Waals surface area contributed by atoms with Gasteiger partial charge in [-0.25, -0.2) is 4.39 Å². The van der Waals surface area contributed by atoms with Crippen LogP contribution in [-0.2, 0) is 9.31 Å². The fraction of sp³-hybridized carbons (Fsp3) is 0.500. The molecular weight excluding hydrogens is 286 g/mol. The van der Waals surface area contributed by atoms with Crippen molar-refractivity contribution in [2.75, 3.05) is 5.75 Å². The van der Waals surface area contributed by atoms with Crippen molar-refractivity contribution in [2.45, 2.75) is 45.8 Å². The van der Waals surface area contributed by atoms with Crippen molar-refractivity contribution < 1.29 is 13.7 Å². The molecule has 1 aromatic carbocycles. The average Bonchev–Trinajstić information content (AvgIpc) is 2.58. The Morgan fingerprint density at radius 3 is 2.14 bits per heavy atom. The van der Waals surface area contributed by atoms with Crippen LogP contribution in [0.4, 0.5) is 4.39 Å². The summed E-state index contributed by atoms with van der Waals surface area (Å²) in [5.74, 6) is 2.69. The third-order valence-corrected chi connectivity index (χ3v) is 4.96. The second-order valence-corrected chi connectivity index (χ2v) is 7.40. The lowest BCUT2D eigenvalue weighted by Crippen LogP contribution is -2.41. The van der Waals surface area contributed by atoms with Crippen LogP contribution in [0.5, 0.6) is 0 Å². The average molecular weight is 308 g/mol. The summed E-state index contributed by atoms with van der Waals surface area (Å²) in [6.45, 7) is 10.2. The predicted molar refractivity (Wildman–Crippen MR) is 88.6 cm³/mol. The monoisotopic (exact) mass is 308 g/mol. The van der Waals surface area contributed by atoms with Crippen LogP contribution >= 0.6 is 11.8 Å². The quantitative estimate of drug-likeness (QED) is 0.760. The molecule has 0 saturated carbocycles. The molecule has 1 aromatic rings. The third-order valence-electron chi connectivity index (χ3n) is 3.99. The molecule has 2 rings (SSSR count). The van der Waals surface area contributed by atoms with Gasteiger partial charge < -0.3 is 9.31 Å². The predicted octanol–water partition coefficient (Wildman–Crippen LogP) is 4.55. The zero-order chi connectivity index (χ0) is 15.7. The maximum absolute atomic E-state index is 13.1. The van der Waals surface area contributed by atoms with Gasteiger partial charge in [-0.1, -0.05) is 19.1 Å². The molecular formula is C16H22BFO2S. The first-order valence-corrected chi connectivity index (χ1v) is 8.20. The summed E-state index contributed by atoms with van der Waals surface area (Å²) in [4.78, 5) is 1.05. The van der Waals surface area contributed by atoms with E-state index in [2.05, 4.69) is 6.92 Å². The summed E-state index contributed by atoms with van der Waals surface area (Å²) in [7, 11) is -0.380. The van der Waals surface area contributed by atoms with E-state index in [1.165, 1.54) is 12.1 Å². The molecule has 0 bridgehead atoms. The van der Waals surface area contributed by atoms with E-state index in [-0.39, 0.29) is 24.1 Å². The second-order valence-electron chi connectivity index (χ2n) is 6.10. The fourth-order valence-corrected chi connectivity index (χ4v) is 2.90. The molecule has 0 spiro atoms. The van der Waals surface area contributed by atoms with Gasteiger partial charge in [0.1, 0.15) is 5.82 Å². The number of halogens is 1. The van der Waals surface area contributed by atoms with Gasteiger partial charge in [-0.3, -0.25) is 0 Å². The summed E-state index contributed by atoms with van der Waals surface area (Å²) < 4.78 is 25.1. The van der Waals surface area contributed by atoms with E-state index < -0.39 is 0 Å². The van der Waals surface area contributed by atoms with E-state index in [0.717, 1.165) is 16.2 Å². The van der Waals surface area contributed by atoms with Crippen LogP contribution in [0.1, 0.15) is 40.2 Å². The highest BCUT2D eigenvalue weighted by atomic mass is 32.2. The maximum Gasteiger partial charge on any atom is 0.488 e. The molecule has 1 fully saturated rings. The molecule has 0 amide bonds. The smallest absolute Gasteiger partial charge is 0.400 e. The summed E-state index contributed by atoms with van der Waals surface area (Å²) in [5.41, 5.74) is 0.288. The van der Waals surface area contributed by atoms with Crippen molar-refractivity contribution in [2.24, 2.45) is 0 Å². The number of hydrogen-bond acceptors (Lipinski definition) is 3. The van der Waals surface area contributed by atoms with Crippen LogP contribution in [-0.4, -0.2) is 24.1 Å². The Kier molecular flexibility index (Phi) is 4.86. The third kappa shape index (κ3) is 3.71. The fourth-order valence-electron chi connectivity index (χ4n) is 2.08. The molecule has 21 heavy (non-hydrogen) atoms. The molecule has 1 aliphatic rings. The number of rotatable bonds is 4. The number of benzene rings is 1. The standard InChI is InChI=1S/C16H22BFO2S/c1-6-21-14(12-7-9-13(18)10-8-12)11-17-19-15(2,3)16(4,5)20-17/h7-11H,6H2,1-5H3/b14-11+. The van der Waals surface area contributed by atoms with Crippen molar-refractivity contribution in [1.29, 1.82) is 0 Å². The van der Waals surface area contributed by atoms with E-state index in [0.29, 0.717) is 0 Å². The highest BCUT2D eigenvalue weighted by Gasteiger charge is 2.50. The first-order chi connectivity index (χ1) is 9.75. The maximum atomic E-state index is 13.1. The molecule has 2 nitrogen and oxygen atoms in total. The molecule has 0 aliphatic carbocycles. The molecule has 1 heterocycles. The Balaban J connectivity index is 2.25. The molecule has 0 aromatic heterocycles. The Bertz CT molecular complexity index is 510. The Morgan fingerprint density at radius 1 is 1.14 bits per heavy atom. The lowest BCUT2D eigenvalue weighted by molar-refractivity contribution is 0.00578. The highest BCUT2D eigenvalue weighted by molar-refractivity contribution is 8.08. The highest BCUT2D eigenvalue weighted by Crippen LogP contribution is 2.38. The summed E-state index contributed by atoms with van der Waals surface area (Å²) >= 11 is 1.70. The molecule has 1 aliphatic heterocycles. The summed E-state index contributed by atoms with van der Waals surface area (Å²) in [6, 6.07) is 6.53. The minimum Gasteiger partial charge on any atom is -0.400 e. The molecule has 1 saturated heterocycles. The van der Waals surface area contributed by atoms with Crippen LogP contribution in [0.15, 0.2) is 30.2 Å². The first-order valence-electron chi connectivity index (χ1n) is 7.21. The molecule has 0 atom stereocenters. The van der Waals surface area contributed by atoms with Crippen molar-refractivity contribution in [3.05, 3.63) is 41.6 Å². The van der Waals surface area contributed by atoms with E-state index in [1.807, 2.05) is 33.7 Å². The van der Waals surface area contributed by atoms with E-state index in [1.54, 1.807) is 23.9 Å². The largest absolute Gasteiger partial charge is 0.488 e. The van der Waals surface area contributed by atoms with Crippen LogP contribution < -0.4 is 0 Å². The Hall–Kier alpha value is -0.775. The van der Waals surface area contributed by atoms with E-state index in [4.69, 9.17) is 9.31 Å². The van der Waals surface area contributed by atoms with Crippen molar-refractivity contribution >= 4 is 23.8 Å². The summed E-state index contributed by atoms with van der Waals surface area (Å²) in [6.07, 6.45) is 0. The number of thioether (sulfide) groups is 1. The first kappa shape index (κ1) is 16.6. The Labute approximate surface area is 131 Å². The second kappa shape index (κ2) is 6.15. The van der Waals surface area contributed by atoms with Crippen LogP contribution in [0.25, 0.3) is 4.91 Å². The van der Waals surface area contributed by atoms with Gasteiger partial charge in [0.15, 0.2) is 0 Å². The van der Waals surface area contributed by atoms with Gasteiger partial charge in [0, 0.05) is 4.91 Å². The minimum atomic E-state index is -0.380. The zero-order valence-corrected chi connectivity index (χ0v) is 14.1.